The van der Waals surface area contributed by atoms with Gasteiger partial charge in [-0.25, -0.2) is 0 Å². The summed E-state index contributed by atoms with van der Waals surface area (Å²) in [5.74, 6) is 0.406. The van der Waals surface area contributed by atoms with Crippen LogP contribution in [0.1, 0.15) is 5.56 Å². The van der Waals surface area contributed by atoms with Crippen molar-refractivity contribution >= 4 is 12.0 Å². The van der Waals surface area contributed by atoms with Gasteiger partial charge in [0.25, 0.3) is 5.91 Å². The van der Waals surface area contributed by atoms with Gasteiger partial charge in [0.15, 0.2) is 0 Å². The SMILES string of the molecule is C=CCOc1ccc(/C=C(/C#N)C(=O)N(C)C)cc1. The Morgan fingerprint density at radius 1 is 1.42 bits per heavy atom. The van der Waals surface area contributed by atoms with E-state index in [9.17, 15) is 4.79 Å². The Morgan fingerprint density at radius 2 is 2.05 bits per heavy atom. The Kier molecular flexibility index (Phi) is 5.36. The number of amides is 1. The van der Waals surface area contributed by atoms with E-state index in [1.807, 2.05) is 6.07 Å². The van der Waals surface area contributed by atoms with Gasteiger partial charge in [0, 0.05) is 14.1 Å². The van der Waals surface area contributed by atoms with E-state index in [0.717, 1.165) is 11.3 Å². The highest BCUT2D eigenvalue weighted by molar-refractivity contribution is 6.01. The number of rotatable bonds is 5. The quantitative estimate of drug-likeness (QED) is 0.461. The maximum atomic E-state index is 11.7. The van der Waals surface area contributed by atoms with Gasteiger partial charge in [0.2, 0.25) is 0 Å². The Bertz CT molecular complexity index is 522. The predicted octanol–water partition coefficient (Wildman–Crippen LogP) is 2.25. The van der Waals surface area contributed by atoms with Crippen molar-refractivity contribution in [2.75, 3.05) is 20.7 Å². The molecule has 0 saturated heterocycles. The number of nitriles is 1. The molecule has 19 heavy (non-hydrogen) atoms. The molecular formula is C15H16N2O2. The van der Waals surface area contributed by atoms with Crippen molar-refractivity contribution < 1.29 is 9.53 Å². The average Bonchev–Trinajstić information content (AvgIpc) is 2.43. The van der Waals surface area contributed by atoms with Crippen LogP contribution in [0.4, 0.5) is 0 Å². The fraction of sp³-hybridized carbons (Fsp3) is 0.200. The van der Waals surface area contributed by atoms with Crippen LogP contribution in [0, 0.1) is 11.3 Å². The molecule has 0 radical (unpaired) electrons. The molecule has 1 rings (SSSR count). The first-order valence-corrected chi connectivity index (χ1v) is 5.75. The van der Waals surface area contributed by atoms with Crippen molar-refractivity contribution in [1.29, 1.82) is 5.26 Å². The summed E-state index contributed by atoms with van der Waals surface area (Å²) in [5.41, 5.74) is 0.877. The lowest BCUT2D eigenvalue weighted by Crippen LogP contribution is -2.22. The fourth-order valence-corrected chi connectivity index (χ4v) is 1.36. The first-order valence-electron chi connectivity index (χ1n) is 5.75. The third kappa shape index (κ3) is 4.32. The van der Waals surface area contributed by atoms with Crippen molar-refractivity contribution in [3.8, 4) is 11.8 Å². The standard InChI is InChI=1S/C15H16N2O2/c1-4-9-19-14-7-5-12(6-8-14)10-13(11-16)15(18)17(2)3/h4-8,10H,1,9H2,2-3H3/b13-10-. The largest absolute Gasteiger partial charge is 0.490 e. The van der Waals surface area contributed by atoms with E-state index in [4.69, 9.17) is 10.00 Å². The minimum Gasteiger partial charge on any atom is -0.490 e. The zero-order valence-corrected chi connectivity index (χ0v) is 11.1. The van der Waals surface area contributed by atoms with Gasteiger partial charge < -0.3 is 9.64 Å². The van der Waals surface area contributed by atoms with Crippen LogP contribution in [0.25, 0.3) is 6.08 Å². The molecule has 0 atom stereocenters. The molecular weight excluding hydrogens is 240 g/mol. The molecule has 0 fully saturated rings. The van der Waals surface area contributed by atoms with Crippen molar-refractivity contribution in [2.24, 2.45) is 0 Å². The van der Waals surface area contributed by atoms with Crippen LogP contribution in [-0.4, -0.2) is 31.5 Å². The maximum Gasteiger partial charge on any atom is 0.264 e. The first kappa shape index (κ1) is 14.5. The zero-order chi connectivity index (χ0) is 14.3. The number of hydrogen-bond acceptors (Lipinski definition) is 3. The number of benzene rings is 1. The molecule has 1 amide bonds. The highest BCUT2D eigenvalue weighted by Crippen LogP contribution is 2.15. The minimum atomic E-state index is -0.311. The van der Waals surface area contributed by atoms with E-state index in [-0.39, 0.29) is 11.5 Å². The van der Waals surface area contributed by atoms with Gasteiger partial charge in [0.05, 0.1) is 0 Å². The topological polar surface area (TPSA) is 53.3 Å². The Balaban J connectivity index is 2.88. The molecule has 0 aliphatic rings. The Hall–Kier alpha value is -2.54. The molecule has 0 aliphatic heterocycles. The third-order valence-electron chi connectivity index (χ3n) is 2.32. The summed E-state index contributed by atoms with van der Waals surface area (Å²) in [7, 11) is 3.22. The lowest BCUT2D eigenvalue weighted by Gasteiger charge is -2.08. The van der Waals surface area contributed by atoms with Gasteiger partial charge in [-0.2, -0.15) is 5.26 Å². The van der Waals surface area contributed by atoms with E-state index in [2.05, 4.69) is 6.58 Å². The predicted molar refractivity (Wildman–Crippen MR) is 74.4 cm³/mol. The molecule has 4 nitrogen and oxygen atoms in total. The van der Waals surface area contributed by atoms with Crippen molar-refractivity contribution in [3.63, 3.8) is 0 Å². The van der Waals surface area contributed by atoms with Gasteiger partial charge in [-0.1, -0.05) is 24.8 Å². The summed E-state index contributed by atoms with van der Waals surface area (Å²) >= 11 is 0. The first-order chi connectivity index (χ1) is 9.08. The molecule has 0 N–H and O–H groups in total. The molecule has 4 heteroatoms. The van der Waals surface area contributed by atoms with Crippen LogP contribution in [0.15, 0.2) is 42.5 Å². The normalized spacial score (nSPS) is 10.5. The highest BCUT2D eigenvalue weighted by Gasteiger charge is 2.10. The Labute approximate surface area is 113 Å². The lowest BCUT2D eigenvalue weighted by molar-refractivity contribution is -0.124. The number of hydrogen-bond donors (Lipinski definition) is 0. The molecule has 0 aromatic heterocycles. The zero-order valence-electron chi connectivity index (χ0n) is 11.1. The number of carbonyl (C=O) groups is 1. The number of carbonyl (C=O) groups excluding carboxylic acids is 1. The summed E-state index contributed by atoms with van der Waals surface area (Å²) in [6.45, 7) is 4.01. The molecule has 0 bridgehead atoms. The third-order valence-corrected chi connectivity index (χ3v) is 2.32. The van der Waals surface area contributed by atoms with Crippen LogP contribution in [0.5, 0.6) is 5.75 Å². The molecule has 0 heterocycles. The summed E-state index contributed by atoms with van der Waals surface area (Å²) in [6, 6.07) is 9.05. The molecule has 1 aromatic rings. The van der Waals surface area contributed by atoms with E-state index < -0.39 is 0 Å². The van der Waals surface area contributed by atoms with Gasteiger partial charge in [-0.3, -0.25) is 4.79 Å². The molecule has 98 valence electrons. The minimum absolute atomic E-state index is 0.102. The molecule has 0 aliphatic carbocycles. The monoisotopic (exact) mass is 256 g/mol. The number of ether oxygens (including phenoxy) is 1. The molecule has 0 spiro atoms. The average molecular weight is 256 g/mol. The number of nitrogens with zero attached hydrogens (tertiary/aromatic N) is 2. The smallest absolute Gasteiger partial charge is 0.264 e. The van der Waals surface area contributed by atoms with Crippen molar-refractivity contribution in [1.82, 2.24) is 4.90 Å². The molecule has 0 unspecified atom stereocenters. The van der Waals surface area contributed by atoms with Gasteiger partial charge in [-0.15, -0.1) is 0 Å². The van der Waals surface area contributed by atoms with Gasteiger partial charge in [0.1, 0.15) is 24.0 Å². The van der Waals surface area contributed by atoms with Crippen LogP contribution >= 0.6 is 0 Å². The molecule has 0 saturated carbocycles. The summed E-state index contributed by atoms with van der Waals surface area (Å²) in [4.78, 5) is 13.1. The van der Waals surface area contributed by atoms with E-state index in [1.165, 1.54) is 4.90 Å². The maximum absolute atomic E-state index is 11.7. The van der Waals surface area contributed by atoms with E-state index >= 15 is 0 Å². The van der Waals surface area contributed by atoms with Gasteiger partial charge >= 0.3 is 0 Å². The van der Waals surface area contributed by atoms with Crippen LogP contribution in [-0.2, 0) is 4.79 Å². The van der Waals surface area contributed by atoms with Crippen LogP contribution < -0.4 is 4.74 Å². The number of likely N-dealkylation sites (N-methyl/N-ethyl adjacent to an activating group) is 1. The second-order valence-electron chi connectivity index (χ2n) is 4.04. The lowest BCUT2D eigenvalue weighted by atomic mass is 10.1. The van der Waals surface area contributed by atoms with Crippen molar-refractivity contribution in [3.05, 3.63) is 48.1 Å². The van der Waals surface area contributed by atoms with E-state index in [1.54, 1.807) is 50.5 Å². The summed E-state index contributed by atoms with van der Waals surface area (Å²) in [6.07, 6.45) is 3.22. The second kappa shape index (κ2) is 7.02. The fourth-order valence-electron chi connectivity index (χ4n) is 1.36. The van der Waals surface area contributed by atoms with Crippen molar-refractivity contribution in [2.45, 2.75) is 0 Å². The second-order valence-corrected chi connectivity index (χ2v) is 4.04. The van der Waals surface area contributed by atoms with Crippen LogP contribution in [0.3, 0.4) is 0 Å². The van der Waals surface area contributed by atoms with Gasteiger partial charge in [-0.05, 0) is 23.8 Å². The molecule has 1 aromatic carbocycles. The summed E-state index contributed by atoms with van der Waals surface area (Å²) in [5, 5.41) is 8.98. The Morgan fingerprint density at radius 3 is 2.53 bits per heavy atom. The highest BCUT2D eigenvalue weighted by atomic mass is 16.5. The summed E-state index contributed by atoms with van der Waals surface area (Å²) < 4.78 is 5.35. The van der Waals surface area contributed by atoms with E-state index in [0.29, 0.717) is 6.61 Å². The van der Waals surface area contributed by atoms with Crippen LogP contribution in [0.2, 0.25) is 0 Å².